The van der Waals surface area contributed by atoms with Gasteiger partial charge >= 0.3 is 11.7 Å². The van der Waals surface area contributed by atoms with E-state index in [0.29, 0.717) is 28.5 Å². The van der Waals surface area contributed by atoms with Gasteiger partial charge in [-0.05, 0) is 65.8 Å². The molecule has 3 amide bonds. The van der Waals surface area contributed by atoms with Crippen LogP contribution in [0, 0.1) is 12.7 Å². The predicted molar refractivity (Wildman–Crippen MR) is 119 cm³/mol. The molecule has 0 radical (unpaired) electrons. The van der Waals surface area contributed by atoms with Gasteiger partial charge < -0.3 is 9.73 Å². The smallest absolute Gasteiger partial charge is 0.336 e. The molecule has 1 N–H and O–H groups in total. The van der Waals surface area contributed by atoms with Crippen LogP contribution in [0.1, 0.15) is 55.4 Å². The van der Waals surface area contributed by atoms with E-state index in [1.54, 1.807) is 6.92 Å². The summed E-state index contributed by atoms with van der Waals surface area (Å²) < 4.78 is 18.8. The molecule has 0 saturated carbocycles. The van der Waals surface area contributed by atoms with Crippen LogP contribution in [0.3, 0.4) is 0 Å². The van der Waals surface area contributed by atoms with Gasteiger partial charge in [-0.15, -0.1) is 0 Å². The summed E-state index contributed by atoms with van der Waals surface area (Å²) >= 11 is 0. The number of carbonyl (C=O) groups excluding carboxylic acids is 2. The Morgan fingerprint density at radius 3 is 2.41 bits per heavy atom. The van der Waals surface area contributed by atoms with E-state index in [1.165, 1.54) is 30.3 Å². The molecule has 2 aromatic carbocycles. The molecule has 0 spiro atoms. The van der Waals surface area contributed by atoms with Crippen molar-refractivity contribution in [3.63, 3.8) is 0 Å². The van der Waals surface area contributed by atoms with Crippen molar-refractivity contribution in [2.45, 2.75) is 52.1 Å². The summed E-state index contributed by atoms with van der Waals surface area (Å²) in [6.07, 6.45) is 0.300. The number of hydrogen-bond donors (Lipinski definition) is 1. The number of urea groups is 1. The van der Waals surface area contributed by atoms with E-state index < -0.39 is 28.9 Å². The van der Waals surface area contributed by atoms with Gasteiger partial charge in [0.05, 0.1) is 6.54 Å². The van der Waals surface area contributed by atoms with Crippen molar-refractivity contribution < 1.29 is 18.4 Å². The SMILES string of the molecule is CC[C@]1(c2ccc(F)cc2)NC(=O)N(Cc2cc(=O)oc3cc(C)c(C(C)C)cc23)C1=O. The number of nitrogens with one attached hydrogen (secondary N) is 1. The molecule has 166 valence electrons. The van der Waals surface area contributed by atoms with Gasteiger partial charge in [0.25, 0.3) is 5.91 Å². The van der Waals surface area contributed by atoms with Gasteiger partial charge in [0, 0.05) is 11.5 Å². The molecule has 1 saturated heterocycles. The molecule has 1 atom stereocenters. The van der Waals surface area contributed by atoms with Gasteiger partial charge in [0.2, 0.25) is 0 Å². The van der Waals surface area contributed by atoms with Crippen molar-refractivity contribution in [3.05, 3.63) is 81.0 Å². The molecule has 1 aromatic heterocycles. The van der Waals surface area contributed by atoms with Gasteiger partial charge in [-0.1, -0.05) is 32.9 Å². The lowest BCUT2D eigenvalue weighted by Gasteiger charge is -2.26. The number of benzene rings is 2. The Bertz CT molecular complexity index is 1280. The van der Waals surface area contributed by atoms with Crippen LogP contribution in [0.25, 0.3) is 11.0 Å². The van der Waals surface area contributed by atoms with Crippen LogP contribution in [0.4, 0.5) is 9.18 Å². The molecule has 4 rings (SSSR count). The number of fused-ring (bicyclic) bond motifs is 1. The lowest BCUT2D eigenvalue weighted by Crippen LogP contribution is -2.43. The van der Waals surface area contributed by atoms with Crippen LogP contribution in [-0.2, 0) is 16.9 Å². The normalized spacial score (nSPS) is 18.6. The number of nitrogens with zero attached hydrogens (tertiary/aromatic N) is 1. The lowest BCUT2D eigenvalue weighted by molar-refractivity contribution is -0.132. The highest BCUT2D eigenvalue weighted by atomic mass is 19.1. The summed E-state index contributed by atoms with van der Waals surface area (Å²) in [7, 11) is 0. The average Bonchev–Trinajstić information content (AvgIpc) is 2.98. The molecule has 1 aliphatic heterocycles. The summed E-state index contributed by atoms with van der Waals surface area (Å²) in [5.41, 5.74) is 1.74. The maximum absolute atomic E-state index is 13.5. The molecule has 1 aliphatic rings. The minimum absolute atomic E-state index is 0.0731. The van der Waals surface area contributed by atoms with Gasteiger partial charge in [-0.25, -0.2) is 14.0 Å². The highest BCUT2D eigenvalue weighted by molar-refractivity contribution is 6.07. The van der Waals surface area contributed by atoms with Crippen LogP contribution < -0.4 is 10.9 Å². The quantitative estimate of drug-likeness (QED) is 0.464. The molecule has 2 heterocycles. The Kier molecular flexibility index (Phi) is 5.36. The summed E-state index contributed by atoms with van der Waals surface area (Å²) in [6.45, 7) is 7.81. The lowest BCUT2D eigenvalue weighted by atomic mass is 9.87. The minimum atomic E-state index is -1.28. The maximum Gasteiger partial charge on any atom is 0.336 e. The fourth-order valence-corrected chi connectivity index (χ4v) is 4.46. The first-order valence-electron chi connectivity index (χ1n) is 10.6. The second kappa shape index (κ2) is 7.89. The zero-order valence-electron chi connectivity index (χ0n) is 18.5. The second-order valence-electron chi connectivity index (χ2n) is 8.54. The third kappa shape index (κ3) is 3.47. The molecular formula is C25H25FN2O4. The maximum atomic E-state index is 13.5. The molecule has 0 bridgehead atoms. The number of rotatable bonds is 5. The van der Waals surface area contributed by atoms with E-state index in [-0.39, 0.29) is 12.5 Å². The Labute approximate surface area is 185 Å². The largest absolute Gasteiger partial charge is 0.423 e. The summed E-state index contributed by atoms with van der Waals surface area (Å²) in [5, 5.41) is 3.48. The molecule has 3 aromatic rings. The Morgan fingerprint density at radius 1 is 1.09 bits per heavy atom. The average molecular weight is 436 g/mol. The van der Waals surface area contributed by atoms with E-state index in [4.69, 9.17) is 4.42 Å². The van der Waals surface area contributed by atoms with Crippen LogP contribution in [0.5, 0.6) is 0 Å². The number of halogens is 1. The summed E-state index contributed by atoms with van der Waals surface area (Å²) in [5.74, 6) is -0.608. The molecule has 32 heavy (non-hydrogen) atoms. The third-order valence-electron chi connectivity index (χ3n) is 6.21. The topological polar surface area (TPSA) is 79.6 Å². The number of hydrogen-bond acceptors (Lipinski definition) is 4. The van der Waals surface area contributed by atoms with Crippen molar-refractivity contribution >= 4 is 22.9 Å². The zero-order chi connectivity index (χ0) is 23.2. The zero-order valence-corrected chi connectivity index (χ0v) is 18.5. The van der Waals surface area contributed by atoms with Gasteiger partial charge in [0.1, 0.15) is 16.9 Å². The van der Waals surface area contributed by atoms with Crippen LogP contribution in [0.15, 0.2) is 51.7 Å². The molecule has 0 unspecified atom stereocenters. The second-order valence-corrected chi connectivity index (χ2v) is 8.54. The number of amides is 3. The predicted octanol–water partition coefficient (Wildman–Crippen LogP) is 4.72. The summed E-state index contributed by atoms with van der Waals surface area (Å²) in [4.78, 5) is 39.6. The van der Waals surface area contributed by atoms with Crippen molar-refractivity contribution in [3.8, 4) is 0 Å². The highest BCUT2D eigenvalue weighted by Crippen LogP contribution is 2.34. The number of aryl methyl sites for hydroxylation is 1. The molecular weight excluding hydrogens is 411 g/mol. The van der Waals surface area contributed by atoms with Crippen LogP contribution in [0.2, 0.25) is 0 Å². The molecule has 6 nitrogen and oxygen atoms in total. The Hall–Kier alpha value is -3.48. The van der Waals surface area contributed by atoms with Gasteiger partial charge in [-0.3, -0.25) is 9.69 Å². The van der Waals surface area contributed by atoms with Gasteiger partial charge in [0.15, 0.2) is 0 Å². The summed E-state index contributed by atoms with van der Waals surface area (Å²) in [6, 6.07) is 10.1. The van der Waals surface area contributed by atoms with E-state index in [0.717, 1.165) is 16.0 Å². The minimum Gasteiger partial charge on any atom is -0.423 e. The Morgan fingerprint density at radius 2 is 1.78 bits per heavy atom. The first kappa shape index (κ1) is 21.7. The first-order chi connectivity index (χ1) is 15.2. The fraction of sp³-hybridized carbons (Fsp3) is 0.320. The Balaban J connectivity index is 1.78. The first-order valence-corrected chi connectivity index (χ1v) is 10.6. The highest BCUT2D eigenvalue weighted by Gasteiger charge is 2.51. The number of carbonyl (C=O) groups is 2. The monoisotopic (exact) mass is 436 g/mol. The van der Waals surface area contributed by atoms with E-state index >= 15 is 0 Å². The van der Waals surface area contributed by atoms with Crippen molar-refractivity contribution in [2.24, 2.45) is 0 Å². The third-order valence-corrected chi connectivity index (χ3v) is 6.21. The molecule has 7 heteroatoms. The van der Waals surface area contributed by atoms with Crippen molar-refractivity contribution in [1.82, 2.24) is 10.2 Å². The van der Waals surface area contributed by atoms with Crippen LogP contribution in [-0.4, -0.2) is 16.8 Å². The number of imide groups is 1. The van der Waals surface area contributed by atoms with Crippen molar-refractivity contribution in [2.75, 3.05) is 0 Å². The van der Waals surface area contributed by atoms with Crippen LogP contribution >= 0.6 is 0 Å². The fourth-order valence-electron chi connectivity index (χ4n) is 4.46. The molecule has 0 aliphatic carbocycles. The van der Waals surface area contributed by atoms with Crippen molar-refractivity contribution in [1.29, 1.82) is 0 Å². The standard InChI is InChI=1S/C25H25FN2O4/c1-5-25(17-6-8-18(26)9-7-17)23(30)28(24(31)27-25)13-16-11-22(29)32-21-10-15(4)19(14(2)3)12-20(16)21/h6-12,14H,5,13H2,1-4H3,(H,27,31)/t25-/m1/s1. The molecule has 1 fully saturated rings. The van der Waals surface area contributed by atoms with E-state index in [1.807, 2.05) is 19.1 Å². The van der Waals surface area contributed by atoms with Gasteiger partial charge in [-0.2, -0.15) is 0 Å². The van der Waals surface area contributed by atoms with E-state index in [2.05, 4.69) is 19.2 Å². The van der Waals surface area contributed by atoms with E-state index in [9.17, 15) is 18.8 Å².